The SMILES string of the molecule is CCCC(C)(C)Nc1nc(C2CC2)nc(NCC)c1C. The van der Waals surface area contributed by atoms with Crippen LogP contribution in [0.1, 0.15) is 70.7 Å². The van der Waals surface area contributed by atoms with E-state index < -0.39 is 0 Å². The number of nitrogens with one attached hydrogen (secondary N) is 2. The molecule has 0 amide bonds. The van der Waals surface area contributed by atoms with E-state index in [9.17, 15) is 0 Å². The van der Waals surface area contributed by atoms with Gasteiger partial charge in [0, 0.05) is 23.6 Å². The quantitative estimate of drug-likeness (QED) is 0.787. The van der Waals surface area contributed by atoms with Crippen molar-refractivity contribution in [2.45, 2.75) is 71.8 Å². The van der Waals surface area contributed by atoms with E-state index in [0.717, 1.165) is 36.0 Å². The van der Waals surface area contributed by atoms with Gasteiger partial charge in [0.25, 0.3) is 0 Å². The molecule has 2 rings (SSSR count). The molecule has 1 aromatic heterocycles. The highest BCUT2D eigenvalue weighted by Crippen LogP contribution is 2.39. The van der Waals surface area contributed by atoms with Crippen LogP contribution in [0, 0.1) is 6.92 Å². The molecule has 4 heteroatoms. The number of nitrogens with zero attached hydrogens (tertiary/aromatic N) is 2. The minimum absolute atomic E-state index is 0.0676. The summed E-state index contributed by atoms with van der Waals surface area (Å²) in [5, 5.41) is 6.98. The van der Waals surface area contributed by atoms with Crippen LogP contribution in [-0.4, -0.2) is 22.1 Å². The van der Waals surface area contributed by atoms with E-state index in [4.69, 9.17) is 9.97 Å². The van der Waals surface area contributed by atoms with Crippen molar-refractivity contribution in [3.05, 3.63) is 11.4 Å². The number of rotatable bonds is 7. The Bertz CT molecular complexity index is 464. The maximum absolute atomic E-state index is 4.78. The fourth-order valence-corrected chi connectivity index (χ4v) is 2.53. The molecular weight excluding hydrogens is 248 g/mol. The van der Waals surface area contributed by atoms with Crippen molar-refractivity contribution in [1.82, 2.24) is 9.97 Å². The van der Waals surface area contributed by atoms with E-state index in [-0.39, 0.29) is 5.54 Å². The van der Waals surface area contributed by atoms with E-state index in [0.29, 0.717) is 5.92 Å². The molecular formula is C16H28N4. The van der Waals surface area contributed by atoms with Gasteiger partial charge in [-0.2, -0.15) is 0 Å². The Kier molecular flexibility index (Phi) is 4.51. The summed E-state index contributed by atoms with van der Waals surface area (Å²) in [6.07, 6.45) is 4.75. The Labute approximate surface area is 122 Å². The average molecular weight is 276 g/mol. The van der Waals surface area contributed by atoms with Gasteiger partial charge in [-0.25, -0.2) is 9.97 Å². The summed E-state index contributed by atoms with van der Waals surface area (Å²) in [5.41, 5.74) is 1.19. The maximum atomic E-state index is 4.78. The Morgan fingerprint density at radius 3 is 2.35 bits per heavy atom. The zero-order valence-corrected chi connectivity index (χ0v) is 13.5. The largest absolute Gasteiger partial charge is 0.370 e. The third kappa shape index (κ3) is 3.62. The molecule has 0 radical (unpaired) electrons. The third-order valence-electron chi connectivity index (χ3n) is 3.78. The highest BCUT2D eigenvalue weighted by Gasteiger charge is 2.29. The van der Waals surface area contributed by atoms with Crippen molar-refractivity contribution in [3.63, 3.8) is 0 Å². The second-order valence-corrected chi connectivity index (χ2v) is 6.47. The first kappa shape index (κ1) is 15.1. The molecule has 112 valence electrons. The van der Waals surface area contributed by atoms with Crippen LogP contribution in [0.5, 0.6) is 0 Å². The van der Waals surface area contributed by atoms with E-state index in [1.54, 1.807) is 0 Å². The van der Waals surface area contributed by atoms with Crippen LogP contribution >= 0.6 is 0 Å². The van der Waals surface area contributed by atoms with Crippen molar-refractivity contribution in [1.29, 1.82) is 0 Å². The molecule has 1 aliphatic carbocycles. The Morgan fingerprint density at radius 2 is 1.80 bits per heavy atom. The molecule has 0 saturated heterocycles. The molecule has 1 heterocycles. The summed E-state index contributed by atoms with van der Waals surface area (Å²) < 4.78 is 0. The first-order valence-electron chi connectivity index (χ1n) is 7.87. The maximum Gasteiger partial charge on any atom is 0.136 e. The number of aromatic nitrogens is 2. The van der Waals surface area contributed by atoms with Crippen LogP contribution < -0.4 is 10.6 Å². The van der Waals surface area contributed by atoms with E-state index in [1.165, 1.54) is 19.3 Å². The van der Waals surface area contributed by atoms with Crippen LogP contribution in [0.25, 0.3) is 0 Å². The van der Waals surface area contributed by atoms with Gasteiger partial charge in [0.15, 0.2) is 0 Å². The van der Waals surface area contributed by atoms with Crippen molar-refractivity contribution in [3.8, 4) is 0 Å². The van der Waals surface area contributed by atoms with E-state index in [1.807, 2.05) is 0 Å². The summed E-state index contributed by atoms with van der Waals surface area (Å²) in [4.78, 5) is 9.48. The third-order valence-corrected chi connectivity index (χ3v) is 3.78. The first-order chi connectivity index (χ1) is 9.46. The van der Waals surface area contributed by atoms with Crippen molar-refractivity contribution >= 4 is 11.6 Å². The molecule has 1 fully saturated rings. The average Bonchev–Trinajstić information content (AvgIpc) is 3.18. The smallest absolute Gasteiger partial charge is 0.136 e. The molecule has 20 heavy (non-hydrogen) atoms. The van der Waals surface area contributed by atoms with Crippen molar-refractivity contribution in [2.75, 3.05) is 17.2 Å². The van der Waals surface area contributed by atoms with E-state index >= 15 is 0 Å². The van der Waals surface area contributed by atoms with Crippen molar-refractivity contribution < 1.29 is 0 Å². The van der Waals surface area contributed by atoms with Crippen LogP contribution in [0.4, 0.5) is 11.6 Å². The van der Waals surface area contributed by atoms with Gasteiger partial charge in [0.05, 0.1) is 0 Å². The molecule has 1 aliphatic rings. The summed E-state index contributed by atoms with van der Waals surface area (Å²) in [6, 6.07) is 0. The normalized spacial score (nSPS) is 15.2. The molecule has 0 aliphatic heterocycles. The summed E-state index contributed by atoms with van der Waals surface area (Å²) in [7, 11) is 0. The monoisotopic (exact) mass is 276 g/mol. The second-order valence-electron chi connectivity index (χ2n) is 6.47. The predicted octanol–water partition coefficient (Wildman–Crippen LogP) is 4.08. The zero-order valence-electron chi connectivity index (χ0n) is 13.5. The van der Waals surface area contributed by atoms with Gasteiger partial charge in [-0.05, 0) is 47.0 Å². The summed E-state index contributed by atoms with van der Waals surface area (Å²) in [6.45, 7) is 11.8. The van der Waals surface area contributed by atoms with Crippen LogP contribution in [0.2, 0.25) is 0 Å². The van der Waals surface area contributed by atoms with Crippen molar-refractivity contribution in [2.24, 2.45) is 0 Å². The minimum atomic E-state index is 0.0676. The number of hydrogen-bond acceptors (Lipinski definition) is 4. The van der Waals surface area contributed by atoms with Gasteiger partial charge in [-0.1, -0.05) is 13.3 Å². The Hall–Kier alpha value is -1.32. The van der Waals surface area contributed by atoms with Gasteiger partial charge >= 0.3 is 0 Å². The standard InChI is InChI=1S/C16H28N4/c1-6-10-16(4,5)20-14-11(3)13(17-7-2)18-15(19-14)12-8-9-12/h12H,6-10H2,1-5H3,(H2,17,18,19,20). The fourth-order valence-electron chi connectivity index (χ4n) is 2.53. The molecule has 0 aromatic carbocycles. The second kappa shape index (κ2) is 5.98. The lowest BCUT2D eigenvalue weighted by atomic mass is 9.99. The van der Waals surface area contributed by atoms with Gasteiger partial charge in [0.1, 0.15) is 17.5 Å². The summed E-state index contributed by atoms with van der Waals surface area (Å²) in [5.74, 6) is 3.56. The summed E-state index contributed by atoms with van der Waals surface area (Å²) >= 11 is 0. The highest BCUT2D eigenvalue weighted by molar-refractivity contribution is 5.58. The topological polar surface area (TPSA) is 49.8 Å². The highest BCUT2D eigenvalue weighted by atomic mass is 15.1. The van der Waals surface area contributed by atoms with Gasteiger partial charge in [0.2, 0.25) is 0 Å². The predicted molar refractivity (Wildman–Crippen MR) is 85.5 cm³/mol. The lowest BCUT2D eigenvalue weighted by molar-refractivity contribution is 0.508. The first-order valence-corrected chi connectivity index (χ1v) is 7.87. The minimum Gasteiger partial charge on any atom is -0.370 e. The Morgan fingerprint density at radius 1 is 1.15 bits per heavy atom. The molecule has 0 bridgehead atoms. The molecule has 2 N–H and O–H groups in total. The molecule has 0 atom stereocenters. The lowest BCUT2D eigenvalue weighted by Crippen LogP contribution is -2.31. The van der Waals surface area contributed by atoms with Gasteiger partial charge < -0.3 is 10.6 Å². The molecule has 1 saturated carbocycles. The molecule has 4 nitrogen and oxygen atoms in total. The molecule has 0 spiro atoms. The lowest BCUT2D eigenvalue weighted by Gasteiger charge is -2.28. The van der Waals surface area contributed by atoms with Gasteiger partial charge in [-0.3, -0.25) is 0 Å². The Balaban J connectivity index is 2.30. The van der Waals surface area contributed by atoms with Crippen LogP contribution in [0.15, 0.2) is 0 Å². The van der Waals surface area contributed by atoms with E-state index in [2.05, 4.69) is 45.3 Å². The van der Waals surface area contributed by atoms with Gasteiger partial charge in [-0.15, -0.1) is 0 Å². The van der Waals surface area contributed by atoms with Crippen LogP contribution in [-0.2, 0) is 0 Å². The fraction of sp³-hybridized carbons (Fsp3) is 0.750. The molecule has 1 aromatic rings. The number of anilines is 2. The van der Waals surface area contributed by atoms with Crippen LogP contribution in [0.3, 0.4) is 0 Å². The molecule has 0 unspecified atom stereocenters. The zero-order chi connectivity index (χ0) is 14.8. The number of hydrogen-bond donors (Lipinski definition) is 2.